The summed E-state index contributed by atoms with van der Waals surface area (Å²) in [5, 5.41) is 3.53. The van der Waals surface area contributed by atoms with Crippen LogP contribution in [0.25, 0.3) is 0 Å². The molecule has 0 amide bonds. The minimum absolute atomic E-state index is 0.387. The van der Waals surface area contributed by atoms with Crippen LogP contribution < -0.4 is 10.1 Å². The maximum absolute atomic E-state index is 5.48. The molecular formula is C13H18BrNO2. The number of rotatable bonds is 3. The highest BCUT2D eigenvalue weighted by Gasteiger charge is 2.17. The van der Waals surface area contributed by atoms with E-state index in [2.05, 4.69) is 34.2 Å². The average molecular weight is 300 g/mol. The van der Waals surface area contributed by atoms with E-state index >= 15 is 0 Å². The number of ether oxygens (including phenoxy) is 2. The quantitative estimate of drug-likeness (QED) is 0.928. The second-order valence-electron chi connectivity index (χ2n) is 4.36. The number of hydrogen-bond donors (Lipinski definition) is 1. The Labute approximate surface area is 111 Å². The number of halogens is 1. The van der Waals surface area contributed by atoms with Gasteiger partial charge in [-0.15, -0.1) is 0 Å². The van der Waals surface area contributed by atoms with Crippen LogP contribution in [-0.4, -0.2) is 26.4 Å². The Balaban J connectivity index is 2.18. The molecule has 1 unspecified atom stereocenters. The lowest BCUT2D eigenvalue weighted by Crippen LogP contribution is -2.30. The molecule has 1 N–H and O–H groups in total. The minimum atomic E-state index is 0.387. The SMILES string of the molecule is COc1cc(Br)cc(C)c1NC1CCCOC1. The van der Waals surface area contributed by atoms with Crippen molar-refractivity contribution in [2.75, 3.05) is 25.6 Å². The van der Waals surface area contributed by atoms with Crippen molar-refractivity contribution in [2.24, 2.45) is 0 Å². The topological polar surface area (TPSA) is 30.5 Å². The van der Waals surface area contributed by atoms with Gasteiger partial charge in [0.2, 0.25) is 0 Å². The molecule has 4 heteroatoms. The van der Waals surface area contributed by atoms with Gasteiger partial charge in [0.25, 0.3) is 0 Å². The van der Waals surface area contributed by atoms with Gasteiger partial charge >= 0.3 is 0 Å². The summed E-state index contributed by atoms with van der Waals surface area (Å²) in [4.78, 5) is 0. The van der Waals surface area contributed by atoms with E-state index in [1.807, 2.05) is 6.07 Å². The van der Waals surface area contributed by atoms with Crippen LogP contribution >= 0.6 is 15.9 Å². The van der Waals surface area contributed by atoms with Crippen molar-refractivity contribution in [3.63, 3.8) is 0 Å². The predicted octanol–water partition coefficient (Wildman–Crippen LogP) is 3.36. The van der Waals surface area contributed by atoms with Gasteiger partial charge in [-0.2, -0.15) is 0 Å². The Morgan fingerprint density at radius 1 is 1.47 bits per heavy atom. The zero-order valence-electron chi connectivity index (χ0n) is 10.3. The molecular weight excluding hydrogens is 282 g/mol. The first-order valence-corrected chi connectivity index (χ1v) is 6.68. The van der Waals surface area contributed by atoms with Crippen LogP contribution in [-0.2, 0) is 4.74 Å². The van der Waals surface area contributed by atoms with Gasteiger partial charge in [0.15, 0.2) is 0 Å². The van der Waals surface area contributed by atoms with Crippen LogP contribution in [0.15, 0.2) is 16.6 Å². The van der Waals surface area contributed by atoms with Crippen LogP contribution in [0.1, 0.15) is 18.4 Å². The molecule has 1 fully saturated rings. The van der Waals surface area contributed by atoms with E-state index < -0.39 is 0 Å². The molecule has 94 valence electrons. The summed E-state index contributed by atoms with van der Waals surface area (Å²) in [5.41, 5.74) is 2.26. The van der Waals surface area contributed by atoms with Crippen molar-refractivity contribution >= 4 is 21.6 Å². The molecule has 0 radical (unpaired) electrons. The fourth-order valence-electron chi connectivity index (χ4n) is 2.12. The maximum Gasteiger partial charge on any atom is 0.143 e. The Morgan fingerprint density at radius 3 is 2.94 bits per heavy atom. The second kappa shape index (κ2) is 5.74. The van der Waals surface area contributed by atoms with Crippen molar-refractivity contribution in [2.45, 2.75) is 25.8 Å². The third-order valence-corrected chi connectivity index (χ3v) is 3.45. The zero-order chi connectivity index (χ0) is 12.3. The van der Waals surface area contributed by atoms with E-state index in [-0.39, 0.29) is 0 Å². The molecule has 1 heterocycles. The van der Waals surface area contributed by atoms with E-state index in [1.165, 1.54) is 5.56 Å². The van der Waals surface area contributed by atoms with Crippen LogP contribution in [0.3, 0.4) is 0 Å². The number of methoxy groups -OCH3 is 1. The second-order valence-corrected chi connectivity index (χ2v) is 5.27. The molecule has 1 aliphatic rings. The molecule has 0 aliphatic carbocycles. The fraction of sp³-hybridized carbons (Fsp3) is 0.538. The van der Waals surface area contributed by atoms with Gasteiger partial charge in [-0.05, 0) is 37.5 Å². The smallest absolute Gasteiger partial charge is 0.143 e. The van der Waals surface area contributed by atoms with Crippen molar-refractivity contribution in [1.29, 1.82) is 0 Å². The summed E-state index contributed by atoms with van der Waals surface area (Å²) in [6.45, 7) is 3.74. The van der Waals surface area contributed by atoms with E-state index in [0.29, 0.717) is 6.04 Å². The van der Waals surface area contributed by atoms with Crippen LogP contribution in [0.2, 0.25) is 0 Å². The largest absolute Gasteiger partial charge is 0.495 e. The lowest BCUT2D eigenvalue weighted by molar-refractivity contribution is 0.0875. The molecule has 0 aromatic heterocycles. The van der Waals surface area contributed by atoms with Crippen molar-refractivity contribution < 1.29 is 9.47 Å². The molecule has 1 saturated heterocycles. The molecule has 1 aliphatic heterocycles. The van der Waals surface area contributed by atoms with Crippen molar-refractivity contribution in [3.8, 4) is 5.75 Å². The summed E-state index contributed by atoms with van der Waals surface area (Å²) in [6.07, 6.45) is 2.27. The van der Waals surface area contributed by atoms with Gasteiger partial charge < -0.3 is 14.8 Å². The molecule has 1 aromatic carbocycles. The molecule has 1 aromatic rings. The molecule has 0 spiro atoms. The standard InChI is InChI=1S/C13H18BrNO2/c1-9-6-10(14)7-12(16-2)13(9)15-11-4-3-5-17-8-11/h6-7,11,15H,3-5,8H2,1-2H3. The Bertz CT molecular complexity index is 389. The highest BCUT2D eigenvalue weighted by atomic mass is 79.9. The number of aryl methyl sites for hydroxylation is 1. The third-order valence-electron chi connectivity index (χ3n) is 2.99. The Morgan fingerprint density at radius 2 is 2.29 bits per heavy atom. The molecule has 2 rings (SSSR count). The maximum atomic E-state index is 5.48. The Kier molecular flexibility index (Phi) is 4.29. The van der Waals surface area contributed by atoms with Gasteiger partial charge in [0.05, 0.1) is 19.4 Å². The molecule has 17 heavy (non-hydrogen) atoms. The predicted molar refractivity (Wildman–Crippen MR) is 72.9 cm³/mol. The summed E-state index contributed by atoms with van der Waals surface area (Å²) in [5.74, 6) is 0.877. The highest BCUT2D eigenvalue weighted by Crippen LogP contribution is 2.33. The summed E-state index contributed by atoms with van der Waals surface area (Å²) in [6, 6.07) is 4.46. The highest BCUT2D eigenvalue weighted by molar-refractivity contribution is 9.10. The first-order valence-electron chi connectivity index (χ1n) is 5.89. The first kappa shape index (κ1) is 12.7. The van der Waals surface area contributed by atoms with Gasteiger partial charge in [-0.25, -0.2) is 0 Å². The summed E-state index contributed by atoms with van der Waals surface area (Å²) >= 11 is 3.48. The molecule has 0 bridgehead atoms. The molecule has 1 atom stereocenters. The van der Waals surface area contributed by atoms with Crippen LogP contribution in [0, 0.1) is 6.92 Å². The lowest BCUT2D eigenvalue weighted by atomic mass is 10.1. The van der Waals surface area contributed by atoms with E-state index in [4.69, 9.17) is 9.47 Å². The minimum Gasteiger partial charge on any atom is -0.495 e. The van der Waals surface area contributed by atoms with Crippen LogP contribution in [0.4, 0.5) is 5.69 Å². The fourth-order valence-corrected chi connectivity index (χ4v) is 2.67. The van der Waals surface area contributed by atoms with Gasteiger partial charge in [-0.3, -0.25) is 0 Å². The van der Waals surface area contributed by atoms with Crippen molar-refractivity contribution in [3.05, 3.63) is 22.2 Å². The summed E-state index contributed by atoms with van der Waals surface area (Å²) in [7, 11) is 1.70. The normalized spacial score (nSPS) is 20.1. The van der Waals surface area contributed by atoms with Crippen molar-refractivity contribution in [1.82, 2.24) is 0 Å². The number of benzene rings is 1. The average Bonchev–Trinajstić information content (AvgIpc) is 2.33. The lowest BCUT2D eigenvalue weighted by Gasteiger charge is -2.26. The third kappa shape index (κ3) is 3.13. The van der Waals surface area contributed by atoms with Gasteiger partial charge in [0, 0.05) is 17.1 Å². The van der Waals surface area contributed by atoms with E-state index in [0.717, 1.165) is 42.0 Å². The zero-order valence-corrected chi connectivity index (χ0v) is 11.8. The van der Waals surface area contributed by atoms with E-state index in [1.54, 1.807) is 7.11 Å². The summed E-state index contributed by atoms with van der Waals surface area (Å²) < 4.78 is 11.9. The molecule has 3 nitrogen and oxygen atoms in total. The van der Waals surface area contributed by atoms with Crippen LogP contribution in [0.5, 0.6) is 5.75 Å². The first-order chi connectivity index (χ1) is 8.20. The van der Waals surface area contributed by atoms with Gasteiger partial charge in [0.1, 0.15) is 5.75 Å². The number of nitrogens with one attached hydrogen (secondary N) is 1. The Hall–Kier alpha value is -0.740. The van der Waals surface area contributed by atoms with Gasteiger partial charge in [-0.1, -0.05) is 15.9 Å². The number of hydrogen-bond acceptors (Lipinski definition) is 3. The van der Waals surface area contributed by atoms with E-state index in [9.17, 15) is 0 Å². The number of anilines is 1. The monoisotopic (exact) mass is 299 g/mol. The molecule has 0 saturated carbocycles.